The third-order valence-corrected chi connectivity index (χ3v) is 6.42. The predicted octanol–water partition coefficient (Wildman–Crippen LogP) is 6.26. The Balaban J connectivity index is 1.79. The summed E-state index contributed by atoms with van der Waals surface area (Å²) >= 11 is 0. The van der Waals surface area contributed by atoms with Crippen molar-refractivity contribution < 1.29 is 18.0 Å². The molecule has 2 aromatic carbocycles. The second-order valence-electron chi connectivity index (χ2n) is 8.82. The van der Waals surface area contributed by atoms with E-state index in [2.05, 4.69) is 24.1 Å². The molecule has 3 rings (SSSR count). The van der Waals surface area contributed by atoms with Gasteiger partial charge in [0.2, 0.25) is 0 Å². The van der Waals surface area contributed by atoms with Crippen LogP contribution in [0.25, 0.3) is 0 Å². The largest absolute Gasteiger partial charge is 0.417 e. The molecule has 0 bridgehead atoms. The van der Waals surface area contributed by atoms with Crippen LogP contribution in [0.3, 0.4) is 0 Å². The number of piperidine rings is 1. The number of amides is 2. The van der Waals surface area contributed by atoms with Gasteiger partial charge in [0.05, 0.1) is 17.2 Å². The molecule has 1 aliphatic rings. The zero-order valence-electron chi connectivity index (χ0n) is 19.6. The smallest absolute Gasteiger partial charge is 0.317 e. The Kier molecular flexibility index (Phi) is 8.56. The van der Waals surface area contributed by atoms with Crippen LogP contribution in [0.5, 0.6) is 0 Å². The highest BCUT2D eigenvalue weighted by Crippen LogP contribution is 2.34. The summed E-state index contributed by atoms with van der Waals surface area (Å²) in [4.78, 5) is 17.5. The van der Waals surface area contributed by atoms with Crippen molar-refractivity contribution >= 4 is 11.7 Å². The Morgan fingerprint density at radius 3 is 2.47 bits per heavy atom. The third-order valence-electron chi connectivity index (χ3n) is 6.42. The number of nitrogens with one attached hydrogen (secondary N) is 1. The van der Waals surface area contributed by atoms with Crippen LogP contribution in [0, 0.1) is 11.3 Å². The summed E-state index contributed by atoms with van der Waals surface area (Å²) in [5, 5.41) is 11.7. The number of halogens is 3. The average molecular weight is 473 g/mol. The van der Waals surface area contributed by atoms with Crippen molar-refractivity contribution in [3.8, 4) is 6.07 Å². The molecule has 1 atom stereocenters. The van der Waals surface area contributed by atoms with E-state index in [-0.39, 0.29) is 11.7 Å². The first-order valence-electron chi connectivity index (χ1n) is 11.7. The molecule has 0 aliphatic carbocycles. The molecule has 182 valence electrons. The average Bonchev–Trinajstić information content (AvgIpc) is 2.83. The fraction of sp³-hybridized carbons (Fsp3) is 0.462. The van der Waals surface area contributed by atoms with Crippen molar-refractivity contribution in [2.24, 2.45) is 0 Å². The maximum atomic E-state index is 13.4. The maximum Gasteiger partial charge on any atom is 0.417 e. The highest BCUT2D eigenvalue weighted by molar-refractivity contribution is 5.89. The molecule has 34 heavy (non-hydrogen) atoms. The van der Waals surface area contributed by atoms with Gasteiger partial charge < -0.3 is 15.1 Å². The maximum absolute atomic E-state index is 13.4. The lowest BCUT2D eigenvalue weighted by Crippen LogP contribution is -2.50. The molecular formula is C26H31F3N4O. The minimum Gasteiger partial charge on any atom is -0.317 e. The van der Waals surface area contributed by atoms with Crippen molar-refractivity contribution in [3.05, 3.63) is 65.2 Å². The summed E-state index contributed by atoms with van der Waals surface area (Å²) in [6, 6.07) is 14.4. The highest BCUT2D eigenvalue weighted by Gasteiger charge is 2.34. The lowest BCUT2D eigenvalue weighted by molar-refractivity contribution is -0.137. The molecule has 5 nitrogen and oxygen atoms in total. The van der Waals surface area contributed by atoms with E-state index in [1.165, 1.54) is 6.07 Å². The van der Waals surface area contributed by atoms with Gasteiger partial charge >= 0.3 is 12.2 Å². The van der Waals surface area contributed by atoms with Crippen LogP contribution >= 0.6 is 0 Å². The molecule has 1 N–H and O–H groups in total. The van der Waals surface area contributed by atoms with Crippen LogP contribution < -0.4 is 5.32 Å². The van der Waals surface area contributed by atoms with Crippen molar-refractivity contribution in [3.63, 3.8) is 0 Å². The number of hydrogen-bond acceptors (Lipinski definition) is 3. The number of alkyl halides is 3. The number of nitrogens with zero attached hydrogens (tertiary/aromatic N) is 3. The van der Waals surface area contributed by atoms with E-state index in [1.54, 1.807) is 11.0 Å². The second-order valence-corrected chi connectivity index (χ2v) is 8.82. The molecular weight excluding hydrogens is 441 g/mol. The van der Waals surface area contributed by atoms with Gasteiger partial charge in [0.15, 0.2) is 0 Å². The van der Waals surface area contributed by atoms with Crippen LogP contribution in [0.4, 0.5) is 23.7 Å². The first-order valence-corrected chi connectivity index (χ1v) is 11.7. The minimum absolute atomic E-state index is 0.0170. The molecule has 1 aliphatic heterocycles. The number of likely N-dealkylation sites (tertiary alicyclic amines) is 1. The summed E-state index contributed by atoms with van der Waals surface area (Å²) in [6.07, 6.45) is -0.838. The summed E-state index contributed by atoms with van der Waals surface area (Å²) < 4.78 is 40.1. The molecule has 0 saturated carbocycles. The van der Waals surface area contributed by atoms with Gasteiger partial charge in [0.1, 0.15) is 0 Å². The molecule has 2 amide bonds. The second kappa shape index (κ2) is 11.4. The quantitative estimate of drug-likeness (QED) is 0.517. The van der Waals surface area contributed by atoms with Crippen LogP contribution in [-0.4, -0.2) is 41.0 Å². The topological polar surface area (TPSA) is 59.4 Å². The number of rotatable bonds is 7. The van der Waals surface area contributed by atoms with Crippen molar-refractivity contribution in [2.45, 2.75) is 64.3 Å². The number of hydrogen-bond donors (Lipinski definition) is 1. The number of carbonyl (C=O) groups is 1. The molecule has 1 unspecified atom stereocenters. The monoisotopic (exact) mass is 472 g/mol. The lowest BCUT2D eigenvalue weighted by atomic mass is 10.00. The zero-order valence-corrected chi connectivity index (χ0v) is 19.6. The Morgan fingerprint density at radius 1 is 1.21 bits per heavy atom. The third kappa shape index (κ3) is 6.51. The first kappa shape index (κ1) is 25.6. The minimum atomic E-state index is -4.68. The Morgan fingerprint density at radius 2 is 1.88 bits per heavy atom. The van der Waals surface area contributed by atoms with Crippen LogP contribution in [0.2, 0.25) is 0 Å². The van der Waals surface area contributed by atoms with Crippen molar-refractivity contribution in [1.29, 1.82) is 5.26 Å². The summed E-state index contributed by atoms with van der Waals surface area (Å²) in [7, 11) is 0. The number of nitriles is 1. The molecule has 1 saturated heterocycles. The van der Waals surface area contributed by atoms with Gasteiger partial charge in [0.25, 0.3) is 0 Å². The Hall–Kier alpha value is -3.05. The van der Waals surface area contributed by atoms with E-state index in [1.807, 2.05) is 30.3 Å². The van der Waals surface area contributed by atoms with E-state index >= 15 is 0 Å². The zero-order chi connectivity index (χ0) is 24.7. The van der Waals surface area contributed by atoms with Crippen LogP contribution in [-0.2, 0) is 12.7 Å². The molecule has 1 fully saturated rings. The van der Waals surface area contributed by atoms with Gasteiger partial charge in [-0.1, -0.05) is 43.7 Å². The Bertz CT molecular complexity index is 995. The van der Waals surface area contributed by atoms with E-state index in [0.29, 0.717) is 12.6 Å². The number of anilines is 1. The summed E-state index contributed by atoms with van der Waals surface area (Å²) in [5.41, 5.74) is -0.556. The molecule has 0 radical (unpaired) electrons. The van der Waals surface area contributed by atoms with Gasteiger partial charge in [0, 0.05) is 37.4 Å². The lowest BCUT2D eigenvalue weighted by Gasteiger charge is -2.40. The van der Waals surface area contributed by atoms with Crippen LogP contribution in [0.15, 0.2) is 48.5 Å². The van der Waals surface area contributed by atoms with Gasteiger partial charge in [-0.25, -0.2) is 4.79 Å². The van der Waals surface area contributed by atoms with E-state index in [0.717, 1.165) is 56.5 Å². The van der Waals surface area contributed by atoms with Crippen LogP contribution in [0.1, 0.15) is 56.2 Å². The SMILES string of the molecule is CCCC(C)N1CCC(N(Cc2ccccc2)C(=O)Nc2ccc(C#N)c(C(F)(F)F)c2)CC1. The van der Waals surface area contributed by atoms with Gasteiger partial charge in [-0.3, -0.25) is 0 Å². The summed E-state index contributed by atoms with van der Waals surface area (Å²) in [5.74, 6) is 0. The fourth-order valence-corrected chi connectivity index (χ4v) is 4.53. The van der Waals surface area contributed by atoms with Gasteiger partial charge in [-0.2, -0.15) is 18.4 Å². The molecule has 8 heteroatoms. The Labute approximate surface area is 199 Å². The molecule has 0 spiro atoms. The normalized spacial score (nSPS) is 16.0. The summed E-state index contributed by atoms with van der Waals surface area (Å²) in [6.45, 7) is 6.51. The number of benzene rings is 2. The first-order chi connectivity index (χ1) is 16.2. The van der Waals surface area contributed by atoms with Gasteiger partial charge in [-0.05, 0) is 49.9 Å². The number of carbonyl (C=O) groups excluding carboxylic acids is 1. The van der Waals surface area contributed by atoms with E-state index in [9.17, 15) is 18.0 Å². The molecule has 0 aromatic heterocycles. The highest BCUT2D eigenvalue weighted by atomic mass is 19.4. The number of urea groups is 1. The van der Waals surface area contributed by atoms with E-state index in [4.69, 9.17) is 5.26 Å². The van der Waals surface area contributed by atoms with Crippen molar-refractivity contribution in [1.82, 2.24) is 9.80 Å². The molecule has 1 heterocycles. The predicted molar refractivity (Wildman–Crippen MR) is 126 cm³/mol. The van der Waals surface area contributed by atoms with E-state index < -0.39 is 23.3 Å². The standard InChI is InChI=1S/C26H31F3N4O/c1-3-7-19(2)32-14-12-23(13-15-32)33(18-20-8-5-4-6-9-20)25(34)31-22-11-10-21(17-30)24(16-22)26(27,28)29/h4-6,8-11,16,19,23H,3,7,12-15,18H2,1-2H3,(H,31,34). The fourth-order valence-electron chi connectivity index (χ4n) is 4.53. The van der Waals surface area contributed by atoms with Crippen molar-refractivity contribution in [2.75, 3.05) is 18.4 Å². The van der Waals surface area contributed by atoms with Gasteiger partial charge in [-0.15, -0.1) is 0 Å². The molecule has 2 aromatic rings.